The summed E-state index contributed by atoms with van der Waals surface area (Å²) in [5.41, 5.74) is 0. The molecule has 1 nitrogen and oxygen atoms in total. The van der Waals surface area contributed by atoms with Crippen LogP contribution in [0, 0.1) is 0 Å². The highest BCUT2D eigenvalue weighted by molar-refractivity contribution is 4.81. The molecule has 0 fully saturated rings. The van der Waals surface area contributed by atoms with E-state index >= 15 is 0 Å². The van der Waals surface area contributed by atoms with E-state index < -0.39 is 0 Å². The van der Waals surface area contributed by atoms with Crippen LogP contribution in [0.4, 0.5) is 0 Å². The number of ether oxygens (including phenoxy) is 1. The first-order valence-corrected chi connectivity index (χ1v) is 17.3. The van der Waals surface area contributed by atoms with Gasteiger partial charge in [-0.1, -0.05) is 167 Å². The van der Waals surface area contributed by atoms with Crippen LogP contribution in [0.15, 0.2) is 24.5 Å². The number of rotatable bonds is 32. The molecular weight excluding hydrogens is 448 g/mol. The van der Waals surface area contributed by atoms with Crippen molar-refractivity contribution < 1.29 is 4.74 Å². The molecule has 0 aromatic heterocycles. The second-order valence-corrected chi connectivity index (χ2v) is 11.6. The smallest absolute Gasteiger partial charge is 0.0873 e. The highest BCUT2D eigenvalue weighted by Crippen LogP contribution is 2.14. The molecular formula is C36H70O. The molecule has 1 heteroatoms. The lowest BCUT2D eigenvalue weighted by molar-refractivity contribution is 0.239. The molecule has 0 aliphatic heterocycles. The zero-order valence-corrected chi connectivity index (χ0v) is 25.9. The summed E-state index contributed by atoms with van der Waals surface area (Å²) in [4.78, 5) is 0. The first-order valence-electron chi connectivity index (χ1n) is 17.3. The fraction of sp³-hybridized carbons (Fsp3) is 0.889. The molecule has 0 N–H and O–H groups in total. The molecule has 220 valence electrons. The van der Waals surface area contributed by atoms with Crippen LogP contribution in [0.1, 0.15) is 200 Å². The standard InChI is InChI=1S/C36H70O/c1-3-5-7-9-11-13-15-17-19-21-23-25-27-29-31-33-35-37-36-34-32-30-28-26-24-22-20-18-16-14-12-10-8-6-4-2/h17,19,34,36H,3-16,18,20-33,35H2,1-2H3. The first-order chi connectivity index (χ1) is 18.4. The Morgan fingerprint density at radius 2 is 0.622 bits per heavy atom. The molecule has 0 bridgehead atoms. The maximum atomic E-state index is 5.68. The molecule has 0 rings (SSSR count). The summed E-state index contributed by atoms with van der Waals surface area (Å²) >= 11 is 0. The second-order valence-electron chi connectivity index (χ2n) is 11.6. The van der Waals surface area contributed by atoms with Crippen LogP contribution in [0.25, 0.3) is 0 Å². The van der Waals surface area contributed by atoms with Gasteiger partial charge in [-0.2, -0.15) is 0 Å². The van der Waals surface area contributed by atoms with E-state index in [4.69, 9.17) is 4.74 Å². The minimum atomic E-state index is 0.899. The SMILES string of the molecule is CCCCCCCCC=CCCCCCCCCOC=CCCCCCCCCCCCCCCCC. The molecule has 37 heavy (non-hydrogen) atoms. The molecule has 0 unspecified atom stereocenters. The minimum absolute atomic E-state index is 0.899. The van der Waals surface area contributed by atoms with Crippen LogP contribution in [0.2, 0.25) is 0 Å². The van der Waals surface area contributed by atoms with Crippen LogP contribution in [0.5, 0.6) is 0 Å². The van der Waals surface area contributed by atoms with Gasteiger partial charge in [0.25, 0.3) is 0 Å². The fourth-order valence-electron chi connectivity index (χ4n) is 5.09. The van der Waals surface area contributed by atoms with Crippen molar-refractivity contribution in [2.45, 2.75) is 200 Å². The number of hydrogen-bond donors (Lipinski definition) is 0. The lowest BCUT2D eigenvalue weighted by Gasteiger charge is -2.03. The lowest BCUT2D eigenvalue weighted by Crippen LogP contribution is -1.88. The van der Waals surface area contributed by atoms with Gasteiger partial charge in [0.15, 0.2) is 0 Å². The molecule has 0 spiro atoms. The van der Waals surface area contributed by atoms with Crippen molar-refractivity contribution in [2.24, 2.45) is 0 Å². The molecule has 0 aromatic rings. The molecule has 0 saturated carbocycles. The van der Waals surface area contributed by atoms with Crippen LogP contribution < -0.4 is 0 Å². The molecule has 0 aromatic carbocycles. The normalized spacial score (nSPS) is 11.8. The molecule has 0 saturated heterocycles. The van der Waals surface area contributed by atoms with Crippen molar-refractivity contribution in [1.82, 2.24) is 0 Å². The van der Waals surface area contributed by atoms with Gasteiger partial charge in [0.1, 0.15) is 0 Å². The van der Waals surface area contributed by atoms with E-state index in [9.17, 15) is 0 Å². The summed E-state index contributed by atoms with van der Waals surface area (Å²) in [6.07, 6.45) is 49.3. The van der Waals surface area contributed by atoms with E-state index in [1.807, 2.05) is 6.26 Å². The van der Waals surface area contributed by atoms with E-state index in [0.717, 1.165) is 6.61 Å². The number of allylic oxidation sites excluding steroid dienone is 3. The largest absolute Gasteiger partial charge is 0.502 e. The van der Waals surface area contributed by atoms with Gasteiger partial charge < -0.3 is 4.74 Å². The monoisotopic (exact) mass is 519 g/mol. The van der Waals surface area contributed by atoms with Crippen molar-refractivity contribution in [3.05, 3.63) is 24.5 Å². The first kappa shape index (κ1) is 36.3. The second kappa shape index (κ2) is 35.3. The van der Waals surface area contributed by atoms with Gasteiger partial charge in [0, 0.05) is 0 Å². The Morgan fingerprint density at radius 1 is 0.324 bits per heavy atom. The zero-order chi connectivity index (χ0) is 26.7. The molecule has 0 aliphatic rings. The third kappa shape index (κ3) is 35.3. The predicted octanol–water partition coefficient (Wildman–Crippen LogP) is 13.4. The Labute approximate surface area is 235 Å². The van der Waals surface area contributed by atoms with Gasteiger partial charge in [0.2, 0.25) is 0 Å². The molecule has 0 radical (unpaired) electrons. The molecule has 0 amide bonds. The molecule has 0 atom stereocenters. The number of unbranched alkanes of at least 4 members (excludes halogenated alkanes) is 26. The van der Waals surface area contributed by atoms with Crippen molar-refractivity contribution in [1.29, 1.82) is 0 Å². The Bertz CT molecular complexity index is 438. The third-order valence-corrected chi connectivity index (χ3v) is 7.69. The van der Waals surface area contributed by atoms with Crippen molar-refractivity contribution >= 4 is 0 Å². The Hall–Kier alpha value is -0.720. The Kier molecular flexibility index (Phi) is 34.6. The van der Waals surface area contributed by atoms with Gasteiger partial charge in [-0.3, -0.25) is 0 Å². The van der Waals surface area contributed by atoms with Gasteiger partial charge in [-0.15, -0.1) is 0 Å². The van der Waals surface area contributed by atoms with Crippen molar-refractivity contribution in [3.8, 4) is 0 Å². The minimum Gasteiger partial charge on any atom is -0.502 e. The topological polar surface area (TPSA) is 9.23 Å². The predicted molar refractivity (Wildman–Crippen MR) is 169 cm³/mol. The van der Waals surface area contributed by atoms with Gasteiger partial charge in [0.05, 0.1) is 12.9 Å². The summed E-state index contributed by atoms with van der Waals surface area (Å²) < 4.78 is 5.68. The van der Waals surface area contributed by atoms with Crippen molar-refractivity contribution in [3.63, 3.8) is 0 Å². The van der Waals surface area contributed by atoms with Crippen LogP contribution >= 0.6 is 0 Å². The summed E-state index contributed by atoms with van der Waals surface area (Å²) in [6, 6.07) is 0. The van der Waals surface area contributed by atoms with Gasteiger partial charge >= 0.3 is 0 Å². The summed E-state index contributed by atoms with van der Waals surface area (Å²) in [7, 11) is 0. The Morgan fingerprint density at radius 3 is 1.00 bits per heavy atom. The average Bonchev–Trinajstić information content (AvgIpc) is 2.91. The van der Waals surface area contributed by atoms with E-state index in [-0.39, 0.29) is 0 Å². The third-order valence-electron chi connectivity index (χ3n) is 7.69. The van der Waals surface area contributed by atoms with E-state index in [1.54, 1.807) is 0 Å². The molecule has 0 heterocycles. The number of hydrogen-bond acceptors (Lipinski definition) is 1. The maximum Gasteiger partial charge on any atom is 0.0873 e. The van der Waals surface area contributed by atoms with Gasteiger partial charge in [-0.25, -0.2) is 0 Å². The summed E-state index contributed by atoms with van der Waals surface area (Å²) in [5, 5.41) is 0. The van der Waals surface area contributed by atoms with Crippen LogP contribution in [-0.2, 0) is 4.74 Å². The van der Waals surface area contributed by atoms with Crippen LogP contribution in [-0.4, -0.2) is 6.61 Å². The lowest BCUT2D eigenvalue weighted by atomic mass is 10.0. The zero-order valence-electron chi connectivity index (χ0n) is 25.9. The van der Waals surface area contributed by atoms with E-state index in [1.165, 1.54) is 186 Å². The Balaban J connectivity index is 3.12. The highest BCUT2D eigenvalue weighted by Gasteiger charge is 1.94. The van der Waals surface area contributed by atoms with Gasteiger partial charge in [-0.05, 0) is 51.0 Å². The summed E-state index contributed by atoms with van der Waals surface area (Å²) in [5.74, 6) is 0. The quantitative estimate of drug-likeness (QED) is 0.0488. The summed E-state index contributed by atoms with van der Waals surface area (Å²) in [6.45, 7) is 5.49. The van der Waals surface area contributed by atoms with Crippen molar-refractivity contribution in [2.75, 3.05) is 6.61 Å². The van der Waals surface area contributed by atoms with E-state index in [2.05, 4.69) is 32.1 Å². The molecule has 0 aliphatic carbocycles. The fourth-order valence-corrected chi connectivity index (χ4v) is 5.09. The maximum absolute atomic E-state index is 5.68. The van der Waals surface area contributed by atoms with E-state index in [0.29, 0.717) is 0 Å². The highest BCUT2D eigenvalue weighted by atomic mass is 16.5. The average molecular weight is 519 g/mol. The van der Waals surface area contributed by atoms with Crippen LogP contribution in [0.3, 0.4) is 0 Å².